The van der Waals surface area contributed by atoms with Gasteiger partial charge in [0.25, 0.3) is 17.4 Å². The number of ether oxygens (including phenoxy) is 1. The fraction of sp³-hybridized carbons (Fsp3) is 0.489. The quantitative estimate of drug-likeness (QED) is 0.177. The van der Waals surface area contributed by atoms with E-state index in [-0.39, 0.29) is 54.0 Å². The summed E-state index contributed by atoms with van der Waals surface area (Å²) >= 11 is 6.61. The Labute approximate surface area is 370 Å². The Balaban J connectivity index is 0.739. The SMILES string of the molecule is CNC(=O)COc1cc2cc(Nc3nc(N4CCN(CC5CC(N6CCN(c7ccc8c(c7)CN(C7CCC(=O)NC7=O)C8=O)CC6)C5)CC4)ncc3Cl)ccc2n(C(C)C)c1=O. The van der Waals surface area contributed by atoms with E-state index >= 15 is 0 Å². The highest BCUT2D eigenvalue weighted by atomic mass is 35.5. The summed E-state index contributed by atoms with van der Waals surface area (Å²) < 4.78 is 7.28. The summed E-state index contributed by atoms with van der Waals surface area (Å²) in [6.07, 6.45) is 4.66. The maximum Gasteiger partial charge on any atom is 0.293 e. The molecular weight excluding hydrogens is 826 g/mol. The minimum Gasteiger partial charge on any atom is -0.478 e. The number of imide groups is 1. The minimum absolute atomic E-state index is 0.100. The Hall–Kier alpha value is -5.78. The number of hydrogen-bond donors (Lipinski definition) is 3. The van der Waals surface area contributed by atoms with Crippen LogP contribution in [0.3, 0.4) is 0 Å². The summed E-state index contributed by atoms with van der Waals surface area (Å²) in [5.41, 5.74) is 3.87. The standard InChI is InChI=1S/C45H54ClN11O6/c1-27(2)57-36-7-4-31(20-29(36)22-38(44(57)62)63-26-40(59)47-3)49-41-35(46)23-48-45(51-41)55-12-10-52(11-13-55)24-28-18-33(19-28)54-16-14-53(15-17-54)32-5-6-34-30(21-32)25-56(43(34)61)37-8-9-39(58)50-42(37)60/h4-7,20-23,27-28,33,37H,8-19,24-26H2,1-3H3,(H,47,59)(H,48,49,51)(H,50,58,60). The Kier molecular flexibility index (Phi) is 12.0. The highest BCUT2D eigenvalue weighted by Crippen LogP contribution is 2.36. The highest BCUT2D eigenvalue weighted by Gasteiger charge is 2.40. The molecule has 1 atom stereocenters. The van der Waals surface area contributed by atoms with E-state index in [1.54, 1.807) is 21.7 Å². The van der Waals surface area contributed by atoms with E-state index < -0.39 is 6.04 Å². The molecule has 1 saturated carbocycles. The molecule has 4 aliphatic heterocycles. The van der Waals surface area contributed by atoms with Gasteiger partial charge in [0.05, 0.1) is 11.7 Å². The zero-order valence-corrected chi connectivity index (χ0v) is 36.7. The highest BCUT2D eigenvalue weighted by molar-refractivity contribution is 6.33. The van der Waals surface area contributed by atoms with Gasteiger partial charge in [-0.2, -0.15) is 4.98 Å². The lowest BCUT2D eigenvalue weighted by molar-refractivity contribution is -0.137. The molecule has 2 aromatic carbocycles. The number of benzene rings is 2. The first-order valence-corrected chi connectivity index (χ1v) is 22.4. The third-order valence-electron chi connectivity index (χ3n) is 13.2. The molecule has 2 aromatic heterocycles. The van der Waals surface area contributed by atoms with Crippen molar-refractivity contribution in [1.29, 1.82) is 0 Å². The van der Waals surface area contributed by atoms with Gasteiger partial charge >= 0.3 is 0 Å². The number of piperidine rings is 1. The zero-order chi connectivity index (χ0) is 43.9. The molecule has 1 aliphatic carbocycles. The number of pyridine rings is 1. The molecule has 3 saturated heterocycles. The topological polar surface area (TPSA) is 178 Å². The van der Waals surface area contributed by atoms with Gasteiger partial charge in [-0.05, 0) is 87.1 Å². The number of fused-ring (bicyclic) bond motifs is 2. The van der Waals surface area contributed by atoms with Gasteiger partial charge in [-0.1, -0.05) is 11.6 Å². The van der Waals surface area contributed by atoms with Crippen LogP contribution in [0.2, 0.25) is 5.02 Å². The van der Waals surface area contributed by atoms with E-state index in [0.717, 1.165) is 86.7 Å². The van der Waals surface area contributed by atoms with E-state index in [2.05, 4.69) is 46.6 Å². The van der Waals surface area contributed by atoms with Crippen LogP contribution in [0.5, 0.6) is 5.75 Å². The molecule has 17 nitrogen and oxygen atoms in total. The van der Waals surface area contributed by atoms with Crippen molar-refractivity contribution >= 4 is 69.3 Å². The summed E-state index contributed by atoms with van der Waals surface area (Å²) in [6.45, 7) is 12.4. The van der Waals surface area contributed by atoms with E-state index in [0.29, 0.717) is 47.3 Å². The largest absolute Gasteiger partial charge is 0.478 e. The van der Waals surface area contributed by atoms with E-state index in [4.69, 9.17) is 21.3 Å². The number of piperazine rings is 2. The van der Waals surface area contributed by atoms with Crippen LogP contribution in [0.15, 0.2) is 53.5 Å². The molecule has 332 valence electrons. The number of carbonyl (C=O) groups is 4. The van der Waals surface area contributed by atoms with Crippen molar-refractivity contribution in [2.24, 2.45) is 5.92 Å². The van der Waals surface area contributed by atoms with Gasteiger partial charge in [-0.25, -0.2) is 4.98 Å². The Morgan fingerprint density at radius 3 is 2.44 bits per heavy atom. The van der Waals surface area contributed by atoms with Crippen LogP contribution in [0.1, 0.15) is 61.5 Å². The van der Waals surface area contributed by atoms with Crippen LogP contribution >= 0.6 is 11.6 Å². The molecule has 0 bridgehead atoms. The molecular formula is C45H54ClN11O6. The van der Waals surface area contributed by atoms with Crippen molar-refractivity contribution in [3.05, 3.63) is 75.2 Å². The van der Waals surface area contributed by atoms with Gasteiger partial charge in [0.1, 0.15) is 11.1 Å². The number of nitrogens with one attached hydrogen (secondary N) is 3. The van der Waals surface area contributed by atoms with Crippen molar-refractivity contribution in [3.8, 4) is 5.75 Å². The first kappa shape index (κ1) is 42.5. The number of nitrogens with zero attached hydrogens (tertiary/aromatic N) is 8. The van der Waals surface area contributed by atoms with Gasteiger partial charge < -0.3 is 34.6 Å². The molecule has 3 N–H and O–H groups in total. The van der Waals surface area contributed by atoms with Crippen molar-refractivity contribution in [3.63, 3.8) is 0 Å². The first-order valence-electron chi connectivity index (χ1n) is 22.0. The normalized spacial score (nSPS) is 22.0. The van der Waals surface area contributed by atoms with Crippen LogP contribution in [-0.4, -0.2) is 138 Å². The summed E-state index contributed by atoms with van der Waals surface area (Å²) in [6, 6.07) is 13.2. The molecule has 1 unspecified atom stereocenters. The smallest absolute Gasteiger partial charge is 0.293 e. The van der Waals surface area contributed by atoms with E-state index in [1.165, 1.54) is 19.9 Å². The number of anilines is 4. The molecule has 63 heavy (non-hydrogen) atoms. The number of aromatic nitrogens is 3. The lowest BCUT2D eigenvalue weighted by Crippen LogP contribution is -2.56. The number of hydrogen-bond acceptors (Lipinski definition) is 13. The number of likely N-dealkylation sites (N-methyl/N-ethyl adjacent to an activating group) is 1. The molecule has 4 aromatic rings. The van der Waals surface area contributed by atoms with Crippen molar-refractivity contribution in [2.45, 2.75) is 64.2 Å². The summed E-state index contributed by atoms with van der Waals surface area (Å²) in [4.78, 5) is 83.2. The maximum absolute atomic E-state index is 13.2. The summed E-state index contributed by atoms with van der Waals surface area (Å²) in [7, 11) is 1.52. The van der Waals surface area contributed by atoms with Crippen LogP contribution < -0.4 is 36.0 Å². The Bertz CT molecular complexity index is 2490. The number of amides is 4. The fourth-order valence-corrected chi connectivity index (χ4v) is 9.85. The fourth-order valence-electron chi connectivity index (χ4n) is 9.71. The molecule has 9 rings (SSSR count). The van der Waals surface area contributed by atoms with Crippen molar-refractivity contribution in [1.82, 2.24) is 39.9 Å². The Morgan fingerprint density at radius 2 is 1.71 bits per heavy atom. The third kappa shape index (κ3) is 8.78. The van der Waals surface area contributed by atoms with Crippen LogP contribution in [-0.2, 0) is 20.9 Å². The molecule has 0 spiro atoms. The predicted octanol–water partition coefficient (Wildman–Crippen LogP) is 3.38. The van der Waals surface area contributed by atoms with Gasteiger partial charge in [-0.3, -0.25) is 39.1 Å². The second kappa shape index (κ2) is 17.8. The monoisotopic (exact) mass is 879 g/mol. The van der Waals surface area contributed by atoms with Crippen LogP contribution in [0.4, 0.5) is 23.1 Å². The molecule has 4 fully saturated rings. The predicted molar refractivity (Wildman–Crippen MR) is 240 cm³/mol. The molecule has 0 radical (unpaired) electrons. The summed E-state index contributed by atoms with van der Waals surface area (Å²) in [5, 5.41) is 9.39. The van der Waals surface area contributed by atoms with Gasteiger partial charge in [0.15, 0.2) is 18.2 Å². The molecule has 18 heteroatoms. The Morgan fingerprint density at radius 1 is 0.952 bits per heavy atom. The molecule has 6 heterocycles. The zero-order valence-electron chi connectivity index (χ0n) is 35.9. The number of carbonyl (C=O) groups excluding carboxylic acids is 4. The first-order chi connectivity index (χ1) is 30.4. The van der Waals surface area contributed by atoms with Crippen LogP contribution in [0, 0.1) is 5.92 Å². The van der Waals surface area contributed by atoms with E-state index in [9.17, 15) is 24.0 Å². The maximum atomic E-state index is 13.2. The average Bonchev–Trinajstić information content (AvgIpc) is 3.59. The summed E-state index contributed by atoms with van der Waals surface area (Å²) in [5.74, 6) is 0.753. The van der Waals surface area contributed by atoms with Crippen molar-refractivity contribution in [2.75, 3.05) is 87.7 Å². The number of rotatable bonds is 12. The number of halogens is 1. The second-order valence-electron chi connectivity index (χ2n) is 17.5. The lowest BCUT2D eigenvalue weighted by atomic mass is 9.78. The van der Waals surface area contributed by atoms with Crippen LogP contribution in [0.25, 0.3) is 10.9 Å². The average molecular weight is 880 g/mol. The molecule has 4 amide bonds. The van der Waals surface area contributed by atoms with Crippen molar-refractivity contribution < 1.29 is 23.9 Å². The van der Waals surface area contributed by atoms with Gasteiger partial charge in [0, 0.05) is 113 Å². The van der Waals surface area contributed by atoms with E-state index in [1.807, 2.05) is 44.2 Å². The molecule has 5 aliphatic rings. The lowest BCUT2D eigenvalue weighted by Gasteiger charge is -2.48. The minimum atomic E-state index is -0.603. The van der Waals surface area contributed by atoms with Gasteiger partial charge in [-0.15, -0.1) is 0 Å². The van der Waals surface area contributed by atoms with Gasteiger partial charge in [0.2, 0.25) is 17.8 Å². The third-order valence-corrected chi connectivity index (χ3v) is 13.5. The second-order valence-corrected chi connectivity index (χ2v) is 18.0.